The topological polar surface area (TPSA) is 77.5 Å². The molecule has 4 rings (SSSR count). The summed E-state index contributed by atoms with van der Waals surface area (Å²) in [6, 6.07) is 0. The zero-order chi connectivity index (χ0) is 20.3. The minimum atomic E-state index is -0.445. The van der Waals surface area contributed by atoms with Gasteiger partial charge < -0.3 is 4.74 Å². The standard InChI is InChI=1S/C23H30O5/c1-13(24)28-12-20(27)18-7-6-17-16-5-4-14-10-15(25)8-9-22(14,2)21(16)19(26)11-23(17,18)3/h10,16-18,21H,4-9,11-12H2,1-3H3/t16-,17-,18+,21+,22-,23-/m0/s1. The van der Waals surface area contributed by atoms with Crippen LogP contribution in [0.1, 0.15) is 65.7 Å². The number of carbonyl (C=O) groups excluding carboxylic acids is 4. The fourth-order valence-electron chi connectivity index (χ4n) is 7.19. The largest absolute Gasteiger partial charge is 0.458 e. The average molecular weight is 386 g/mol. The van der Waals surface area contributed by atoms with E-state index in [2.05, 4.69) is 13.8 Å². The summed E-state index contributed by atoms with van der Waals surface area (Å²) < 4.78 is 4.96. The normalized spacial score (nSPS) is 42.2. The lowest BCUT2D eigenvalue weighted by Crippen LogP contribution is -2.55. The van der Waals surface area contributed by atoms with E-state index in [-0.39, 0.29) is 52.5 Å². The molecule has 0 spiro atoms. The number of esters is 1. The number of ether oxygens (including phenoxy) is 1. The molecular weight excluding hydrogens is 356 g/mol. The Hall–Kier alpha value is -1.78. The van der Waals surface area contributed by atoms with E-state index in [1.807, 2.05) is 0 Å². The number of allylic oxidation sites excluding steroid dienone is 1. The van der Waals surface area contributed by atoms with Gasteiger partial charge in [-0.25, -0.2) is 0 Å². The van der Waals surface area contributed by atoms with E-state index in [0.717, 1.165) is 32.1 Å². The fourth-order valence-corrected chi connectivity index (χ4v) is 7.19. The van der Waals surface area contributed by atoms with Gasteiger partial charge in [-0.15, -0.1) is 0 Å². The van der Waals surface area contributed by atoms with Gasteiger partial charge in [0.1, 0.15) is 12.4 Å². The Morgan fingerprint density at radius 3 is 2.61 bits per heavy atom. The van der Waals surface area contributed by atoms with Crippen molar-refractivity contribution < 1.29 is 23.9 Å². The molecule has 3 fully saturated rings. The van der Waals surface area contributed by atoms with Crippen molar-refractivity contribution in [2.24, 2.45) is 34.5 Å². The van der Waals surface area contributed by atoms with Gasteiger partial charge in [0.05, 0.1) is 0 Å². The van der Waals surface area contributed by atoms with Gasteiger partial charge in [-0.2, -0.15) is 0 Å². The highest BCUT2D eigenvalue weighted by Crippen LogP contribution is 2.65. The van der Waals surface area contributed by atoms with Crippen LogP contribution in [0.3, 0.4) is 0 Å². The molecule has 0 amide bonds. The number of Topliss-reactive ketones (excluding diaryl/α,β-unsaturated/α-hetero) is 2. The van der Waals surface area contributed by atoms with Crippen molar-refractivity contribution in [3.63, 3.8) is 0 Å². The van der Waals surface area contributed by atoms with Gasteiger partial charge in [-0.1, -0.05) is 19.4 Å². The van der Waals surface area contributed by atoms with Crippen molar-refractivity contribution in [2.45, 2.75) is 65.7 Å². The Balaban J connectivity index is 1.62. The molecule has 0 unspecified atom stereocenters. The van der Waals surface area contributed by atoms with E-state index in [1.165, 1.54) is 12.5 Å². The molecule has 6 atom stereocenters. The highest BCUT2D eigenvalue weighted by atomic mass is 16.5. The van der Waals surface area contributed by atoms with E-state index in [9.17, 15) is 19.2 Å². The molecule has 152 valence electrons. The quantitative estimate of drug-likeness (QED) is 0.694. The molecule has 5 nitrogen and oxygen atoms in total. The first-order valence-corrected chi connectivity index (χ1v) is 10.6. The van der Waals surface area contributed by atoms with Crippen molar-refractivity contribution in [2.75, 3.05) is 6.61 Å². The Morgan fingerprint density at radius 1 is 1.14 bits per heavy atom. The van der Waals surface area contributed by atoms with E-state index in [4.69, 9.17) is 4.74 Å². The molecule has 4 aliphatic rings. The van der Waals surface area contributed by atoms with Crippen LogP contribution in [-0.4, -0.2) is 29.9 Å². The molecule has 0 aliphatic heterocycles. The Morgan fingerprint density at radius 2 is 1.89 bits per heavy atom. The van der Waals surface area contributed by atoms with Gasteiger partial charge in [0.2, 0.25) is 0 Å². The first-order valence-electron chi connectivity index (χ1n) is 10.6. The summed E-state index contributed by atoms with van der Waals surface area (Å²) >= 11 is 0. The maximum Gasteiger partial charge on any atom is 0.303 e. The Bertz CT molecular complexity index is 780. The second-order valence-electron chi connectivity index (χ2n) is 9.87. The number of hydrogen-bond donors (Lipinski definition) is 0. The van der Waals surface area contributed by atoms with Crippen LogP contribution >= 0.6 is 0 Å². The fraction of sp³-hybridized carbons (Fsp3) is 0.739. The molecule has 5 heteroatoms. The van der Waals surface area contributed by atoms with Gasteiger partial charge in [0.25, 0.3) is 0 Å². The molecule has 0 aromatic carbocycles. The molecule has 0 N–H and O–H groups in total. The van der Waals surface area contributed by atoms with Crippen LogP contribution in [0.4, 0.5) is 0 Å². The van der Waals surface area contributed by atoms with Crippen molar-refractivity contribution in [3.05, 3.63) is 11.6 Å². The molecule has 3 saturated carbocycles. The van der Waals surface area contributed by atoms with E-state index in [1.54, 1.807) is 6.08 Å². The smallest absolute Gasteiger partial charge is 0.303 e. The Kier molecular flexibility index (Phi) is 4.63. The maximum absolute atomic E-state index is 13.4. The first-order chi connectivity index (χ1) is 13.2. The lowest BCUT2D eigenvalue weighted by Gasteiger charge is -2.56. The molecule has 0 saturated heterocycles. The highest BCUT2D eigenvalue weighted by Gasteiger charge is 2.63. The average Bonchev–Trinajstić information content (AvgIpc) is 2.96. The summed E-state index contributed by atoms with van der Waals surface area (Å²) in [5.74, 6) is 0.358. The molecule has 28 heavy (non-hydrogen) atoms. The number of carbonyl (C=O) groups is 4. The van der Waals surface area contributed by atoms with Gasteiger partial charge in [0, 0.05) is 31.6 Å². The molecular formula is C23H30O5. The summed E-state index contributed by atoms with van der Waals surface area (Å²) in [6.07, 6.45) is 7.06. The predicted octanol–water partition coefficient (Wildman–Crippen LogP) is 3.45. The molecule has 0 aromatic rings. The third-order valence-corrected chi connectivity index (χ3v) is 8.46. The molecule has 0 aromatic heterocycles. The van der Waals surface area contributed by atoms with Crippen LogP contribution in [0, 0.1) is 34.5 Å². The van der Waals surface area contributed by atoms with Crippen LogP contribution in [-0.2, 0) is 23.9 Å². The van der Waals surface area contributed by atoms with E-state index in [0.29, 0.717) is 18.8 Å². The van der Waals surface area contributed by atoms with Crippen molar-refractivity contribution in [3.8, 4) is 0 Å². The van der Waals surface area contributed by atoms with Crippen LogP contribution in [0.15, 0.2) is 11.6 Å². The monoisotopic (exact) mass is 386 g/mol. The second-order valence-corrected chi connectivity index (χ2v) is 9.87. The zero-order valence-electron chi connectivity index (χ0n) is 17.1. The minimum Gasteiger partial charge on any atom is -0.458 e. The van der Waals surface area contributed by atoms with Crippen LogP contribution in [0.5, 0.6) is 0 Å². The SMILES string of the molecule is CC(=O)OCC(=O)[C@H]1CC[C@H]2[C@@H]3CCC4=CC(=O)CC[C@]4(C)[C@H]3C(=O)C[C@]12C. The summed E-state index contributed by atoms with van der Waals surface area (Å²) in [5, 5.41) is 0. The third kappa shape index (κ3) is 2.81. The Labute approximate surface area is 166 Å². The van der Waals surface area contributed by atoms with Gasteiger partial charge in [-0.3, -0.25) is 19.2 Å². The molecule has 0 bridgehead atoms. The maximum atomic E-state index is 13.4. The summed E-state index contributed by atoms with van der Waals surface area (Å²) in [7, 11) is 0. The van der Waals surface area contributed by atoms with Gasteiger partial charge in [-0.05, 0) is 60.8 Å². The zero-order valence-corrected chi connectivity index (χ0v) is 17.1. The second kappa shape index (κ2) is 6.64. The number of rotatable bonds is 3. The lowest BCUT2D eigenvalue weighted by molar-refractivity contribution is -0.153. The van der Waals surface area contributed by atoms with E-state index >= 15 is 0 Å². The molecule has 0 heterocycles. The molecule has 4 aliphatic carbocycles. The minimum absolute atomic E-state index is 0.0269. The molecule has 0 radical (unpaired) electrons. The lowest BCUT2D eigenvalue weighted by atomic mass is 9.46. The highest BCUT2D eigenvalue weighted by molar-refractivity contribution is 5.93. The van der Waals surface area contributed by atoms with Gasteiger partial charge >= 0.3 is 5.97 Å². The number of fused-ring (bicyclic) bond motifs is 5. The van der Waals surface area contributed by atoms with Crippen LogP contribution < -0.4 is 0 Å². The van der Waals surface area contributed by atoms with Crippen molar-refractivity contribution in [1.29, 1.82) is 0 Å². The predicted molar refractivity (Wildman–Crippen MR) is 102 cm³/mol. The number of hydrogen-bond acceptors (Lipinski definition) is 5. The third-order valence-electron chi connectivity index (χ3n) is 8.46. The number of ketones is 3. The summed E-state index contributed by atoms with van der Waals surface area (Å²) in [4.78, 5) is 49.2. The van der Waals surface area contributed by atoms with Crippen LogP contribution in [0.2, 0.25) is 0 Å². The summed E-state index contributed by atoms with van der Waals surface area (Å²) in [5.41, 5.74) is 0.634. The van der Waals surface area contributed by atoms with Crippen LogP contribution in [0.25, 0.3) is 0 Å². The van der Waals surface area contributed by atoms with E-state index < -0.39 is 5.97 Å². The summed E-state index contributed by atoms with van der Waals surface area (Å²) in [6.45, 7) is 5.41. The first kappa shape index (κ1) is 19.5. The van der Waals surface area contributed by atoms with Crippen molar-refractivity contribution in [1.82, 2.24) is 0 Å². The van der Waals surface area contributed by atoms with Gasteiger partial charge in [0.15, 0.2) is 11.6 Å². The van der Waals surface area contributed by atoms with Crippen molar-refractivity contribution >= 4 is 23.3 Å².